The molecule has 0 bridgehead atoms. The number of nitrogens with zero attached hydrogens (tertiary/aromatic N) is 1. The van der Waals surface area contributed by atoms with E-state index in [1.54, 1.807) is 0 Å². The van der Waals surface area contributed by atoms with Gasteiger partial charge in [0.2, 0.25) is 0 Å². The summed E-state index contributed by atoms with van der Waals surface area (Å²) in [5.74, 6) is -0.0691. The first-order chi connectivity index (χ1) is 7.47. The van der Waals surface area contributed by atoms with Crippen LogP contribution in [0.1, 0.15) is 24.8 Å². The summed E-state index contributed by atoms with van der Waals surface area (Å²) in [6.07, 6.45) is -0.112. The fraction of sp³-hybridized carbons (Fsp3) is 0.500. The molecule has 0 amide bonds. The largest absolute Gasteiger partial charge is 0.419 e. The quantitative estimate of drug-likeness (QED) is 0.897. The van der Waals surface area contributed by atoms with Gasteiger partial charge >= 0.3 is 6.18 Å². The molecule has 1 aliphatic rings. The van der Waals surface area contributed by atoms with Gasteiger partial charge < -0.3 is 5.32 Å². The number of alkyl halides is 3. The van der Waals surface area contributed by atoms with Crippen molar-refractivity contribution in [1.82, 2.24) is 4.98 Å². The van der Waals surface area contributed by atoms with Crippen molar-refractivity contribution in [2.75, 3.05) is 5.32 Å². The van der Waals surface area contributed by atoms with Gasteiger partial charge in [-0.3, -0.25) is 0 Å². The van der Waals surface area contributed by atoms with Gasteiger partial charge in [-0.2, -0.15) is 13.2 Å². The van der Waals surface area contributed by atoms with E-state index in [2.05, 4.69) is 26.2 Å². The molecule has 1 heterocycles. The minimum absolute atomic E-state index is 0.0691. The molecule has 0 unspecified atom stereocenters. The lowest BCUT2D eigenvalue weighted by Crippen LogP contribution is -2.29. The van der Waals surface area contributed by atoms with Crippen molar-refractivity contribution in [3.05, 3.63) is 22.3 Å². The average Bonchev–Trinajstić information content (AvgIpc) is 2.11. The van der Waals surface area contributed by atoms with E-state index in [0.29, 0.717) is 4.47 Å². The molecule has 1 saturated carbocycles. The number of hydrogen-bond acceptors (Lipinski definition) is 2. The molecule has 1 aromatic heterocycles. The second kappa shape index (κ2) is 4.24. The van der Waals surface area contributed by atoms with Crippen molar-refractivity contribution in [3.8, 4) is 0 Å². The summed E-state index contributed by atoms with van der Waals surface area (Å²) in [5.41, 5.74) is -0.714. The normalized spacial score (nSPS) is 17.0. The third-order valence-corrected chi connectivity index (χ3v) is 3.04. The molecule has 0 aliphatic heterocycles. The molecule has 1 aromatic rings. The lowest BCUT2D eigenvalue weighted by Gasteiger charge is -2.28. The third kappa shape index (κ3) is 2.48. The predicted octanol–water partition coefficient (Wildman–Crippen LogP) is 3.83. The van der Waals surface area contributed by atoms with Crippen molar-refractivity contribution >= 4 is 21.7 Å². The summed E-state index contributed by atoms with van der Waals surface area (Å²) in [6.45, 7) is 0. The van der Waals surface area contributed by atoms with Crippen LogP contribution < -0.4 is 5.32 Å². The van der Waals surface area contributed by atoms with Crippen LogP contribution in [0.25, 0.3) is 0 Å². The second-order valence-electron chi connectivity index (χ2n) is 3.82. The molecule has 0 aromatic carbocycles. The molecule has 0 spiro atoms. The number of aromatic nitrogens is 1. The summed E-state index contributed by atoms with van der Waals surface area (Å²) < 4.78 is 38.4. The van der Waals surface area contributed by atoms with Gasteiger partial charge in [0.25, 0.3) is 0 Å². The fourth-order valence-electron chi connectivity index (χ4n) is 1.52. The maximum absolute atomic E-state index is 12.7. The second-order valence-corrected chi connectivity index (χ2v) is 4.74. The number of nitrogens with one attached hydrogen (secondary N) is 1. The van der Waals surface area contributed by atoms with Crippen LogP contribution in [0.15, 0.2) is 16.7 Å². The molecular weight excluding hydrogens is 285 g/mol. The fourth-order valence-corrected chi connectivity index (χ4v) is 1.85. The summed E-state index contributed by atoms with van der Waals surface area (Å²) in [5, 5.41) is 2.83. The first-order valence-corrected chi connectivity index (χ1v) is 5.75. The summed E-state index contributed by atoms with van der Waals surface area (Å²) >= 11 is 3.00. The van der Waals surface area contributed by atoms with E-state index >= 15 is 0 Å². The van der Waals surface area contributed by atoms with Crippen molar-refractivity contribution in [1.29, 1.82) is 0 Å². The van der Waals surface area contributed by atoms with Gasteiger partial charge in [-0.05, 0) is 41.3 Å². The average molecular weight is 295 g/mol. The zero-order valence-corrected chi connectivity index (χ0v) is 9.90. The van der Waals surface area contributed by atoms with Gasteiger partial charge in [-0.15, -0.1) is 0 Å². The van der Waals surface area contributed by atoms with Gasteiger partial charge in [0.15, 0.2) is 0 Å². The summed E-state index contributed by atoms with van der Waals surface area (Å²) in [6, 6.07) is 1.18. The minimum atomic E-state index is -4.37. The van der Waals surface area contributed by atoms with Gasteiger partial charge in [0.1, 0.15) is 5.82 Å². The SMILES string of the molecule is FC(F)(F)c1cc(Br)cnc1NC1CCC1. The van der Waals surface area contributed by atoms with Crippen molar-refractivity contribution in [3.63, 3.8) is 0 Å². The third-order valence-electron chi connectivity index (χ3n) is 2.61. The van der Waals surface area contributed by atoms with Crippen LogP contribution in [0.2, 0.25) is 0 Å². The van der Waals surface area contributed by atoms with E-state index in [1.807, 2.05) is 0 Å². The van der Waals surface area contributed by atoms with Crippen LogP contribution in [-0.2, 0) is 6.18 Å². The topological polar surface area (TPSA) is 24.9 Å². The Balaban J connectivity index is 2.28. The first-order valence-electron chi connectivity index (χ1n) is 4.96. The lowest BCUT2D eigenvalue weighted by atomic mass is 9.93. The maximum Gasteiger partial charge on any atom is 0.419 e. The van der Waals surface area contributed by atoms with Crippen LogP contribution in [0.5, 0.6) is 0 Å². The predicted molar refractivity (Wildman–Crippen MR) is 58.2 cm³/mol. The Kier molecular flexibility index (Phi) is 3.10. The summed E-state index contributed by atoms with van der Waals surface area (Å²) in [4.78, 5) is 3.79. The van der Waals surface area contributed by atoms with E-state index < -0.39 is 11.7 Å². The molecular formula is C10H10BrF3N2. The standard InChI is InChI=1S/C10H10BrF3N2/c11-6-4-8(10(12,13)14)9(15-5-6)16-7-2-1-3-7/h4-5,7H,1-3H2,(H,15,16). The Morgan fingerprint density at radius 3 is 2.56 bits per heavy atom. The van der Waals surface area contributed by atoms with Crippen LogP contribution in [0.4, 0.5) is 19.0 Å². The van der Waals surface area contributed by atoms with E-state index in [-0.39, 0.29) is 11.9 Å². The zero-order valence-electron chi connectivity index (χ0n) is 8.31. The van der Waals surface area contributed by atoms with Gasteiger partial charge in [-0.25, -0.2) is 4.98 Å². The highest BCUT2D eigenvalue weighted by Crippen LogP contribution is 2.36. The minimum Gasteiger partial charge on any atom is -0.367 e. The molecule has 0 radical (unpaired) electrons. The number of hydrogen-bond donors (Lipinski definition) is 1. The van der Waals surface area contributed by atoms with Gasteiger partial charge in [0, 0.05) is 16.7 Å². The number of anilines is 1. The van der Waals surface area contributed by atoms with E-state index in [4.69, 9.17) is 0 Å². The van der Waals surface area contributed by atoms with Crippen molar-refractivity contribution in [2.24, 2.45) is 0 Å². The highest BCUT2D eigenvalue weighted by molar-refractivity contribution is 9.10. The monoisotopic (exact) mass is 294 g/mol. The molecule has 1 aliphatic carbocycles. The van der Waals surface area contributed by atoms with Crippen molar-refractivity contribution in [2.45, 2.75) is 31.5 Å². The Bertz CT molecular complexity index is 388. The van der Waals surface area contributed by atoms with Gasteiger partial charge in [0.05, 0.1) is 5.56 Å². The van der Waals surface area contributed by atoms with Crippen LogP contribution in [-0.4, -0.2) is 11.0 Å². The van der Waals surface area contributed by atoms with Crippen LogP contribution in [0, 0.1) is 0 Å². The van der Waals surface area contributed by atoms with E-state index in [1.165, 1.54) is 6.20 Å². The first kappa shape index (κ1) is 11.7. The molecule has 0 saturated heterocycles. The number of rotatable bonds is 2. The lowest BCUT2D eigenvalue weighted by molar-refractivity contribution is -0.137. The molecule has 1 fully saturated rings. The smallest absolute Gasteiger partial charge is 0.367 e. The summed E-state index contributed by atoms with van der Waals surface area (Å²) in [7, 11) is 0. The Hall–Kier alpha value is -0.780. The molecule has 0 atom stereocenters. The molecule has 2 rings (SSSR count). The Labute approximate surface area is 99.4 Å². The maximum atomic E-state index is 12.7. The molecule has 2 nitrogen and oxygen atoms in total. The van der Waals surface area contributed by atoms with E-state index in [0.717, 1.165) is 25.3 Å². The molecule has 16 heavy (non-hydrogen) atoms. The van der Waals surface area contributed by atoms with Crippen LogP contribution >= 0.6 is 15.9 Å². The number of halogens is 4. The molecule has 1 N–H and O–H groups in total. The van der Waals surface area contributed by atoms with Crippen LogP contribution in [0.3, 0.4) is 0 Å². The zero-order chi connectivity index (χ0) is 11.8. The highest BCUT2D eigenvalue weighted by Gasteiger charge is 2.35. The Morgan fingerprint density at radius 2 is 2.06 bits per heavy atom. The Morgan fingerprint density at radius 1 is 1.38 bits per heavy atom. The van der Waals surface area contributed by atoms with E-state index in [9.17, 15) is 13.2 Å². The van der Waals surface area contributed by atoms with Crippen molar-refractivity contribution < 1.29 is 13.2 Å². The number of pyridine rings is 1. The van der Waals surface area contributed by atoms with Gasteiger partial charge in [-0.1, -0.05) is 0 Å². The molecule has 6 heteroatoms. The highest BCUT2D eigenvalue weighted by atomic mass is 79.9. The molecule has 88 valence electrons.